The van der Waals surface area contributed by atoms with E-state index in [0.29, 0.717) is 0 Å². The lowest BCUT2D eigenvalue weighted by Gasteiger charge is -2.31. The summed E-state index contributed by atoms with van der Waals surface area (Å²) >= 11 is 0. The number of ether oxygens (including phenoxy) is 1. The van der Waals surface area contributed by atoms with Crippen LogP contribution in [-0.4, -0.2) is 50.4 Å². The van der Waals surface area contributed by atoms with Crippen molar-refractivity contribution < 1.29 is 4.74 Å². The van der Waals surface area contributed by atoms with Gasteiger partial charge in [-0.2, -0.15) is 0 Å². The summed E-state index contributed by atoms with van der Waals surface area (Å²) in [6, 6.07) is 6.28. The fourth-order valence-electron chi connectivity index (χ4n) is 2.76. The van der Waals surface area contributed by atoms with Gasteiger partial charge in [0.15, 0.2) is 5.82 Å². The van der Waals surface area contributed by atoms with E-state index in [1.165, 1.54) is 0 Å². The van der Waals surface area contributed by atoms with Gasteiger partial charge in [0.1, 0.15) is 0 Å². The number of aromatic nitrogens is 2. The summed E-state index contributed by atoms with van der Waals surface area (Å²) in [4.78, 5) is 13.5. The predicted molar refractivity (Wildman–Crippen MR) is 89.6 cm³/mol. The van der Waals surface area contributed by atoms with Crippen LogP contribution in [0.4, 0.5) is 11.5 Å². The Labute approximate surface area is 131 Å². The van der Waals surface area contributed by atoms with Crippen molar-refractivity contribution in [1.82, 2.24) is 9.97 Å². The standard InChI is InChI=1S/C17H22N4O/c1-13-15(5-4-6-18-13)14-11-16(17(19-12-14)20(2)3)21-7-9-22-10-8-21/h4-6,11-12H,7-10H2,1-3H3. The van der Waals surface area contributed by atoms with Crippen molar-refractivity contribution in [2.75, 3.05) is 50.2 Å². The molecule has 0 radical (unpaired) electrons. The Balaban J connectivity index is 2.05. The molecule has 0 N–H and O–H groups in total. The third-order valence-electron chi connectivity index (χ3n) is 3.94. The molecular formula is C17H22N4O. The van der Waals surface area contributed by atoms with Crippen molar-refractivity contribution in [3.63, 3.8) is 0 Å². The van der Waals surface area contributed by atoms with Gasteiger partial charge < -0.3 is 14.5 Å². The third-order valence-corrected chi connectivity index (χ3v) is 3.94. The highest BCUT2D eigenvalue weighted by molar-refractivity contribution is 5.76. The summed E-state index contributed by atoms with van der Waals surface area (Å²) in [5, 5.41) is 0. The quantitative estimate of drug-likeness (QED) is 0.870. The first-order valence-electron chi connectivity index (χ1n) is 7.59. The van der Waals surface area contributed by atoms with Gasteiger partial charge in [0.2, 0.25) is 0 Å². The Morgan fingerprint density at radius 1 is 1.18 bits per heavy atom. The van der Waals surface area contributed by atoms with E-state index < -0.39 is 0 Å². The molecule has 1 aliphatic rings. The van der Waals surface area contributed by atoms with Crippen LogP contribution in [0.15, 0.2) is 30.6 Å². The van der Waals surface area contributed by atoms with Gasteiger partial charge in [0.25, 0.3) is 0 Å². The smallest absolute Gasteiger partial charge is 0.151 e. The van der Waals surface area contributed by atoms with Crippen LogP contribution in [0.2, 0.25) is 0 Å². The number of aryl methyl sites for hydroxylation is 1. The molecular weight excluding hydrogens is 276 g/mol. The number of anilines is 2. The van der Waals surface area contributed by atoms with E-state index in [0.717, 1.165) is 54.6 Å². The highest BCUT2D eigenvalue weighted by atomic mass is 16.5. The number of rotatable bonds is 3. The second-order valence-electron chi connectivity index (χ2n) is 5.70. The summed E-state index contributed by atoms with van der Waals surface area (Å²) in [7, 11) is 4.06. The van der Waals surface area contributed by atoms with E-state index in [4.69, 9.17) is 4.74 Å². The summed E-state index contributed by atoms with van der Waals surface area (Å²) in [5.74, 6) is 0.993. The number of nitrogens with zero attached hydrogens (tertiary/aromatic N) is 4. The Bertz CT molecular complexity index is 651. The van der Waals surface area contributed by atoms with Crippen LogP contribution in [-0.2, 0) is 4.74 Å². The normalized spacial score (nSPS) is 15.0. The van der Waals surface area contributed by atoms with E-state index in [1.807, 2.05) is 39.5 Å². The maximum Gasteiger partial charge on any atom is 0.151 e. The van der Waals surface area contributed by atoms with Gasteiger partial charge in [-0.25, -0.2) is 4.98 Å². The molecule has 5 heteroatoms. The highest BCUT2D eigenvalue weighted by Gasteiger charge is 2.18. The minimum Gasteiger partial charge on any atom is -0.378 e. The number of morpholine rings is 1. The topological polar surface area (TPSA) is 41.5 Å². The van der Waals surface area contributed by atoms with Gasteiger partial charge in [-0.3, -0.25) is 4.98 Å². The van der Waals surface area contributed by atoms with Crippen molar-refractivity contribution >= 4 is 11.5 Å². The van der Waals surface area contributed by atoms with Gasteiger partial charge in [-0.1, -0.05) is 6.07 Å². The number of pyridine rings is 2. The highest BCUT2D eigenvalue weighted by Crippen LogP contribution is 2.32. The summed E-state index contributed by atoms with van der Waals surface area (Å²) < 4.78 is 5.47. The van der Waals surface area contributed by atoms with E-state index in [2.05, 4.69) is 31.9 Å². The average molecular weight is 298 g/mol. The lowest BCUT2D eigenvalue weighted by atomic mass is 10.1. The number of hydrogen-bond donors (Lipinski definition) is 0. The zero-order valence-electron chi connectivity index (χ0n) is 13.4. The van der Waals surface area contributed by atoms with Crippen molar-refractivity contribution in [2.24, 2.45) is 0 Å². The fourth-order valence-corrected chi connectivity index (χ4v) is 2.76. The molecule has 22 heavy (non-hydrogen) atoms. The molecule has 2 aromatic rings. The molecule has 2 aromatic heterocycles. The van der Waals surface area contributed by atoms with Crippen LogP contribution in [0.1, 0.15) is 5.69 Å². The molecule has 0 bridgehead atoms. The molecule has 1 saturated heterocycles. The first-order valence-corrected chi connectivity index (χ1v) is 7.59. The van der Waals surface area contributed by atoms with Crippen LogP contribution in [0, 0.1) is 6.92 Å². The summed E-state index contributed by atoms with van der Waals surface area (Å²) in [6.45, 7) is 5.37. The monoisotopic (exact) mass is 298 g/mol. The van der Waals surface area contributed by atoms with Crippen LogP contribution in [0.5, 0.6) is 0 Å². The van der Waals surface area contributed by atoms with E-state index >= 15 is 0 Å². The van der Waals surface area contributed by atoms with Crippen molar-refractivity contribution in [1.29, 1.82) is 0 Å². The lowest BCUT2D eigenvalue weighted by molar-refractivity contribution is 0.122. The fraction of sp³-hybridized carbons (Fsp3) is 0.412. The first kappa shape index (κ1) is 14.8. The van der Waals surface area contributed by atoms with Gasteiger partial charge >= 0.3 is 0 Å². The average Bonchev–Trinajstić information content (AvgIpc) is 2.55. The molecule has 116 valence electrons. The van der Waals surface area contributed by atoms with Crippen LogP contribution >= 0.6 is 0 Å². The lowest BCUT2D eigenvalue weighted by Crippen LogP contribution is -2.37. The largest absolute Gasteiger partial charge is 0.378 e. The maximum atomic E-state index is 5.47. The van der Waals surface area contributed by atoms with Crippen LogP contribution in [0.3, 0.4) is 0 Å². The van der Waals surface area contributed by atoms with E-state index in [1.54, 1.807) is 0 Å². The molecule has 3 rings (SSSR count). The van der Waals surface area contributed by atoms with Crippen LogP contribution < -0.4 is 9.80 Å². The minimum atomic E-state index is 0.767. The zero-order valence-corrected chi connectivity index (χ0v) is 13.4. The maximum absolute atomic E-state index is 5.47. The van der Waals surface area contributed by atoms with Crippen LogP contribution in [0.25, 0.3) is 11.1 Å². The molecule has 1 aliphatic heterocycles. The zero-order chi connectivity index (χ0) is 15.5. The first-order chi connectivity index (χ1) is 10.7. The van der Waals surface area contributed by atoms with Crippen molar-refractivity contribution in [2.45, 2.75) is 6.92 Å². The molecule has 0 atom stereocenters. The third kappa shape index (κ3) is 2.90. The molecule has 0 saturated carbocycles. The predicted octanol–water partition coefficient (Wildman–Crippen LogP) is 2.35. The van der Waals surface area contributed by atoms with Gasteiger partial charge in [0, 0.05) is 56.4 Å². The van der Waals surface area contributed by atoms with Gasteiger partial charge in [-0.05, 0) is 19.1 Å². The second-order valence-corrected chi connectivity index (χ2v) is 5.70. The Kier molecular flexibility index (Phi) is 4.24. The van der Waals surface area contributed by atoms with Gasteiger partial charge in [-0.15, -0.1) is 0 Å². The molecule has 5 nitrogen and oxygen atoms in total. The molecule has 0 aromatic carbocycles. The summed E-state index contributed by atoms with van der Waals surface area (Å²) in [5.41, 5.74) is 4.43. The number of hydrogen-bond acceptors (Lipinski definition) is 5. The molecule has 0 amide bonds. The molecule has 1 fully saturated rings. The second kappa shape index (κ2) is 6.32. The van der Waals surface area contributed by atoms with E-state index in [-0.39, 0.29) is 0 Å². The minimum absolute atomic E-state index is 0.767. The SMILES string of the molecule is Cc1ncccc1-c1cnc(N(C)C)c(N2CCOCC2)c1. The molecule has 0 unspecified atom stereocenters. The molecule has 0 spiro atoms. The Hall–Kier alpha value is -2.14. The van der Waals surface area contributed by atoms with E-state index in [9.17, 15) is 0 Å². The van der Waals surface area contributed by atoms with Gasteiger partial charge in [0.05, 0.1) is 18.9 Å². The summed E-state index contributed by atoms with van der Waals surface area (Å²) in [6.07, 6.45) is 3.76. The Morgan fingerprint density at radius 3 is 2.64 bits per heavy atom. The molecule has 3 heterocycles. The molecule has 0 aliphatic carbocycles. The Morgan fingerprint density at radius 2 is 1.95 bits per heavy atom. The van der Waals surface area contributed by atoms with Crippen molar-refractivity contribution in [3.8, 4) is 11.1 Å². The van der Waals surface area contributed by atoms with Crippen molar-refractivity contribution in [3.05, 3.63) is 36.3 Å².